The highest BCUT2D eigenvalue weighted by Gasteiger charge is 2.22. The van der Waals surface area contributed by atoms with Crippen molar-refractivity contribution in [2.24, 2.45) is 0 Å². The molecule has 1 N–H and O–H groups in total. The molecule has 3 rings (SSSR count). The van der Waals surface area contributed by atoms with Crippen molar-refractivity contribution in [3.63, 3.8) is 0 Å². The largest absolute Gasteiger partial charge is 0.495 e. The SMILES string of the molecule is COc1ccc(NC(=O)/C=C/c2cccc(OCc3csc(C)n3)c2)cc1S(=O)(=O)N(C)C. The lowest BCUT2D eigenvalue weighted by molar-refractivity contribution is -0.111. The Bertz CT molecular complexity index is 1270. The van der Waals surface area contributed by atoms with E-state index in [1.54, 1.807) is 23.5 Å². The molecule has 1 amide bonds. The fraction of sp³-hybridized carbons (Fsp3) is 0.217. The van der Waals surface area contributed by atoms with Crippen molar-refractivity contribution in [3.8, 4) is 11.5 Å². The Kier molecular flexibility index (Phi) is 7.85. The van der Waals surface area contributed by atoms with Crippen molar-refractivity contribution in [2.75, 3.05) is 26.5 Å². The van der Waals surface area contributed by atoms with Gasteiger partial charge in [-0.25, -0.2) is 17.7 Å². The van der Waals surface area contributed by atoms with E-state index in [-0.39, 0.29) is 10.6 Å². The fourth-order valence-corrected chi connectivity index (χ4v) is 4.52. The van der Waals surface area contributed by atoms with Crippen molar-refractivity contribution in [1.29, 1.82) is 0 Å². The summed E-state index contributed by atoms with van der Waals surface area (Å²) in [6.07, 6.45) is 3.02. The van der Waals surface area contributed by atoms with Crippen LogP contribution in [0.4, 0.5) is 5.69 Å². The molecule has 0 radical (unpaired) electrons. The number of carbonyl (C=O) groups is 1. The zero-order valence-electron chi connectivity index (χ0n) is 18.7. The van der Waals surface area contributed by atoms with Crippen LogP contribution in [0.25, 0.3) is 6.08 Å². The Hall–Kier alpha value is -3.21. The first-order chi connectivity index (χ1) is 15.7. The van der Waals surface area contributed by atoms with E-state index in [9.17, 15) is 13.2 Å². The van der Waals surface area contributed by atoms with Crippen LogP contribution in [0.1, 0.15) is 16.3 Å². The van der Waals surface area contributed by atoms with Gasteiger partial charge in [-0.3, -0.25) is 4.79 Å². The molecule has 0 saturated carbocycles. The zero-order valence-corrected chi connectivity index (χ0v) is 20.4. The highest BCUT2D eigenvalue weighted by molar-refractivity contribution is 7.89. The summed E-state index contributed by atoms with van der Waals surface area (Å²) >= 11 is 1.57. The van der Waals surface area contributed by atoms with Gasteiger partial charge in [-0.15, -0.1) is 11.3 Å². The van der Waals surface area contributed by atoms with Crippen LogP contribution in [0.5, 0.6) is 11.5 Å². The molecule has 0 bridgehead atoms. The summed E-state index contributed by atoms with van der Waals surface area (Å²) in [5.74, 6) is 0.455. The number of thiazole rings is 1. The molecule has 10 heteroatoms. The van der Waals surface area contributed by atoms with E-state index in [0.717, 1.165) is 20.6 Å². The van der Waals surface area contributed by atoms with Gasteiger partial charge in [-0.2, -0.15) is 0 Å². The minimum absolute atomic E-state index is 0.0306. The Labute approximate surface area is 197 Å². The van der Waals surface area contributed by atoms with Gasteiger partial charge < -0.3 is 14.8 Å². The minimum Gasteiger partial charge on any atom is -0.495 e. The zero-order chi connectivity index (χ0) is 24.0. The average molecular weight is 488 g/mol. The molecule has 0 atom stereocenters. The van der Waals surface area contributed by atoms with Crippen molar-refractivity contribution in [2.45, 2.75) is 18.4 Å². The normalized spacial score (nSPS) is 11.7. The molecular formula is C23H25N3O5S2. The van der Waals surface area contributed by atoms with E-state index in [2.05, 4.69) is 10.3 Å². The number of methoxy groups -OCH3 is 1. The number of benzene rings is 2. The van der Waals surface area contributed by atoms with Crippen LogP contribution in [-0.2, 0) is 21.4 Å². The monoisotopic (exact) mass is 487 g/mol. The third-order valence-electron chi connectivity index (χ3n) is 4.53. The second-order valence-electron chi connectivity index (χ2n) is 7.19. The van der Waals surface area contributed by atoms with Gasteiger partial charge in [0.1, 0.15) is 23.0 Å². The van der Waals surface area contributed by atoms with E-state index >= 15 is 0 Å². The summed E-state index contributed by atoms with van der Waals surface area (Å²) in [4.78, 5) is 16.7. The molecule has 0 aliphatic heterocycles. The maximum atomic E-state index is 12.5. The molecule has 0 aliphatic carbocycles. The van der Waals surface area contributed by atoms with E-state index in [0.29, 0.717) is 18.0 Å². The number of nitrogens with zero attached hydrogens (tertiary/aromatic N) is 2. The highest BCUT2D eigenvalue weighted by Crippen LogP contribution is 2.29. The van der Waals surface area contributed by atoms with Crippen LogP contribution < -0.4 is 14.8 Å². The molecule has 0 fully saturated rings. The Morgan fingerprint density at radius 3 is 2.67 bits per heavy atom. The Balaban J connectivity index is 1.68. The first-order valence-corrected chi connectivity index (χ1v) is 12.2. The number of nitrogens with one attached hydrogen (secondary N) is 1. The van der Waals surface area contributed by atoms with Gasteiger partial charge in [0.05, 0.1) is 17.8 Å². The van der Waals surface area contributed by atoms with E-state index < -0.39 is 15.9 Å². The molecule has 174 valence electrons. The predicted molar refractivity (Wildman–Crippen MR) is 129 cm³/mol. The summed E-state index contributed by atoms with van der Waals surface area (Å²) in [7, 11) is 0.507. The average Bonchev–Trinajstić information content (AvgIpc) is 3.21. The summed E-state index contributed by atoms with van der Waals surface area (Å²) in [6.45, 7) is 2.31. The number of hydrogen-bond donors (Lipinski definition) is 1. The third-order valence-corrected chi connectivity index (χ3v) is 7.19. The molecule has 2 aromatic carbocycles. The van der Waals surface area contributed by atoms with Crippen molar-refractivity contribution in [3.05, 3.63) is 70.2 Å². The van der Waals surface area contributed by atoms with Crippen LogP contribution >= 0.6 is 11.3 Å². The van der Waals surface area contributed by atoms with Crippen molar-refractivity contribution < 1.29 is 22.7 Å². The van der Waals surface area contributed by atoms with Crippen LogP contribution in [0, 0.1) is 6.92 Å². The number of aryl methyl sites for hydroxylation is 1. The molecule has 1 heterocycles. The van der Waals surface area contributed by atoms with Gasteiger partial charge in [0.15, 0.2) is 0 Å². The summed E-state index contributed by atoms with van der Waals surface area (Å²) < 4.78 is 37.1. The van der Waals surface area contributed by atoms with Crippen LogP contribution in [0.2, 0.25) is 0 Å². The van der Waals surface area contributed by atoms with Gasteiger partial charge in [-0.1, -0.05) is 12.1 Å². The lowest BCUT2D eigenvalue weighted by Crippen LogP contribution is -2.23. The molecule has 0 saturated heterocycles. The van der Waals surface area contributed by atoms with Crippen molar-refractivity contribution in [1.82, 2.24) is 9.29 Å². The second kappa shape index (κ2) is 10.6. The summed E-state index contributed by atoms with van der Waals surface area (Å²) in [6, 6.07) is 11.8. The fourth-order valence-electron chi connectivity index (χ4n) is 2.85. The summed E-state index contributed by atoms with van der Waals surface area (Å²) in [5.41, 5.74) is 1.98. The van der Waals surface area contributed by atoms with E-state index in [1.165, 1.54) is 39.4 Å². The first kappa shape index (κ1) is 24.4. The van der Waals surface area contributed by atoms with Gasteiger partial charge in [0, 0.05) is 31.2 Å². The lowest BCUT2D eigenvalue weighted by Gasteiger charge is -2.15. The molecule has 0 spiro atoms. The van der Waals surface area contributed by atoms with Gasteiger partial charge >= 0.3 is 0 Å². The third kappa shape index (κ3) is 6.41. The number of amides is 1. The number of anilines is 1. The van der Waals surface area contributed by atoms with Crippen molar-refractivity contribution >= 4 is 39.0 Å². The standard InChI is InChI=1S/C23H25N3O5S2/c1-16-24-19(15-32-16)14-31-20-7-5-6-17(12-20)8-11-23(27)25-18-9-10-21(30-4)22(13-18)33(28,29)26(2)3/h5-13,15H,14H2,1-4H3,(H,25,27)/b11-8+. The van der Waals surface area contributed by atoms with E-state index in [4.69, 9.17) is 9.47 Å². The Morgan fingerprint density at radius 2 is 2.00 bits per heavy atom. The van der Waals surface area contributed by atoms with Gasteiger partial charge in [0.2, 0.25) is 15.9 Å². The molecule has 3 aromatic rings. The molecule has 1 aromatic heterocycles. The number of hydrogen-bond acceptors (Lipinski definition) is 7. The molecule has 0 unspecified atom stereocenters. The minimum atomic E-state index is -3.74. The highest BCUT2D eigenvalue weighted by atomic mass is 32.2. The van der Waals surface area contributed by atoms with Crippen LogP contribution in [-0.4, -0.2) is 44.8 Å². The van der Waals surface area contributed by atoms with Crippen LogP contribution in [0.3, 0.4) is 0 Å². The number of carbonyl (C=O) groups excluding carboxylic acids is 1. The maximum Gasteiger partial charge on any atom is 0.248 e. The maximum absolute atomic E-state index is 12.5. The molecular weight excluding hydrogens is 462 g/mol. The molecule has 33 heavy (non-hydrogen) atoms. The molecule has 0 aliphatic rings. The second-order valence-corrected chi connectivity index (χ2v) is 10.4. The first-order valence-electron chi connectivity index (χ1n) is 9.92. The number of rotatable bonds is 9. The Morgan fingerprint density at radius 1 is 1.21 bits per heavy atom. The van der Waals surface area contributed by atoms with Gasteiger partial charge in [-0.05, 0) is 48.9 Å². The van der Waals surface area contributed by atoms with E-state index in [1.807, 2.05) is 36.6 Å². The quantitative estimate of drug-likeness (QED) is 0.459. The van der Waals surface area contributed by atoms with Crippen LogP contribution in [0.15, 0.2) is 58.8 Å². The number of sulfonamides is 1. The topological polar surface area (TPSA) is 97.8 Å². The summed E-state index contributed by atoms with van der Waals surface area (Å²) in [5, 5.41) is 5.62. The number of aromatic nitrogens is 1. The smallest absolute Gasteiger partial charge is 0.248 e. The predicted octanol–water partition coefficient (Wildman–Crippen LogP) is 3.94. The number of ether oxygens (including phenoxy) is 2. The van der Waals surface area contributed by atoms with Gasteiger partial charge in [0.25, 0.3) is 0 Å². The molecule has 8 nitrogen and oxygen atoms in total. The lowest BCUT2D eigenvalue weighted by atomic mass is 10.2.